The van der Waals surface area contributed by atoms with E-state index in [9.17, 15) is 0 Å². The summed E-state index contributed by atoms with van der Waals surface area (Å²) in [6, 6.07) is 4.19. The number of pyridine rings is 1. The third-order valence-corrected chi connectivity index (χ3v) is 2.48. The molecule has 0 saturated heterocycles. The molecule has 1 N–H and O–H groups in total. The second kappa shape index (κ2) is 6.40. The van der Waals surface area contributed by atoms with Crippen molar-refractivity contribution in [3.05, 3.63) is 23.9 Å². The van der Waals surface area contributed by atoms with Crippen LogP contribution in [0.15, 0.2) is 18.3 Å². The van der Waals surface area contributed by atoms with Gasteiger partial charge in [0.15, 0.2) is 0 Å². The minimum absolute atomic E-state index is 0.919. The lowest BCUT2D eigenvalue weighted by molar-refractivity contribution is 0.295. The van der Waals surface area contributed by atoms with Crippen LogP contribution in [0.25, 0.3) is 0 Å². The van der Waals surface area contributed by atoms with Crippen LogP contribution in [0.4, 0.5) is 5.82 Å². The average molecular weight is 207 g/mol. The van der Waals surface area contributed by atoms with Crippen LogP contribution in [0, 0.1) is 0 Å². The standard InChI is InChI=1S/C12H21N3/c1-4-13-12-8-7-11(9-14-12)10-15(5-2)6-3/h7-9H,4-6,10H2,1-3H3,(H,13,14). The molecule has 3 heteroatoms. The Hall–Kier alpha value is -1.09. The van der Waals surface area contributed by atoms with Gasteiger partial charge in [-0.05, 0) is 31.6 Å². The van der Waals surface area contributed by atoms with Crippen molar-refractivity contribution in [2.45, 2.75) is 27.3 Å². The highest BCUT2D eigenvalue weighted by Gasteiger charge is 2.01. The van der Waals surface area contributed by atoms with E-state index in [1.807, 2.05) is 12.3 Å². The van der Waals surface area contributed by atoms with E-state index in [1.165, 1.54) is 5.56 Å². The van der Waals surface area contributed by atoms with Crippen LogP contribution >= 0.6 is 0 Å². The molecule has 0 saturated carbocycles. The number of anilines is 1. The molecule has 0 fully saturated rings. The summed E-state index contributed by atoms with van der Waals surface area (Å²) in [6.45, 7) is 10.5. The van der Waals surface area contributed by atoms with E-state index in [-0.39, 0.29) is 0 Å². The summed E-state index contributed by atoms with van der Waals surface area (Å²) in [5, 5.41) is 3.19. The Labute approximate surface area is 92.5 Å². The summed E-state index contributed by atoms with van der Waals surface area (Å²) < 4.78 is 0. The molecule has 0 amide bonds. The van der Waals surface area contributed by atoms with Crippen molar-refractivity contribution in [3.8, 4) is 0 Å². The highest BCUT2D eigenvalue weighted by molar-refractivity contribution is 5.35. The maximum atomic E-state index is 4.35. The van der Waals surface area contributed by atoms with Crippen molar-refractivity contribution in [3.63, 3.8) is 0 Å². The molecular formula is C12H21N3. The van der Waals surface area contributed by atoms with Gasteiger partial charge >= 0.3 is 0 Å². The molecule has 1 rings (SSSR count). The number of nitrogens with zero attached hydrogens (tertiary/aromatic N) is 2. The summed E-state index contributed by atoms with van der Waals surface area (Å²) in [5.41, 5.74) is 1.28. The quantitative estimate of drug-likeness (QED) is 0.776. The van der Waals surface area contributed by atoms with Crippen molar-refractivity contribution in [2.75, 3.05) is 25.0 Å². The van der Waals surface area contributed by atoms with Crippen molar-refractivity contribution in [2.24, 2.45) is 0 Å². The van der Waals surface area contributed by atoms with Gasteiger partial charge in [-0.25, -0.2) is 4.98 Å². The zero-order valence-electron chi connectivity index (χ0n) is 9.95. The maximum absolute atomic E-state index is 4.35. The molecule has 1 heterocycles. The summed E-state index contributed by atoms with van der Waals surface area (Å²) in [7, 11) is 0. The molecule has 0 aliphatic heterocycles. The number of hydrogen-bond acceptors (Lipinski definition) is 3. The van der Waals surface area contributed by atoms with Gasteiger partial charge < -0.3 is 5.32 Å². The Morgan fingerprint density at radius 1 is 1.20 bits per heavy atom. The monoisotopic (exact) mass is 207 g/mol. The summed E-state index contributed by atoms with van der Waals surface area (Å²) >= 11 is 0. The first kappa shape index (κ1) is 12.0. The van der Waals surface area contributed by atoms with Crippen LogP contribution in [-0.2, 0) is 6.54 Å². The molecular weight excluding hydrogens is 186 g/mol. The zero-order chi connectivity index (χ0) is 11.1. The smallest absolute Gasteiger partial charge is 0.125 e. The third-order valence-electron chi connectivity index (χ3n) is 2.48. The molecule has 0 aromatic carbocycles. The minimum atomic E-state index is 0.919. The first-order valence-electron chi connectivity index (χ1n) is 5.71. The van der Waals surface area contributed by atoms with E-state index < -0.39 is 0 Å². The molecule has 1 aromatic heterocycles. The fourth-order valence-electron chi connectivity index (χ4n) is 1.51. The number of rotatable bonds is 6. The fourth-order valence-corrected chi connectivity index (χ4v) is 1.51. The topological polar surface area (TPSA) is 28.2 Å². The van der Waals surface area contributed by atoms with Gasteiger partial charge in [0.2, 0.25) is 0 Å². The Kier molecular flexibility index (Phi) is 5.12. The highest BCUT2D eigenvalue weighted by atomic mass is 15.1. The van der Waals surface area contributed by atoms with Gasteiger partial charge in [-0.1, -0.05) is 19.9 Å². The maximum Gasteiger partial charge on any atom is 0.125 e. The molecule has 84 valence electrons. The predicted molar refractivity (Wildman–Crippen MR) is 65.0 cm³/mol. The fraction of sp³-hybridized carbons (Fsp3) is 0.583. The van der Waals surface area contributed by atoms with Crippen molar-refractivity contribution >= 4 is 5.82 Å². The molecule has 0 spiro atoms. The van der Waals surface area contributed by atoms with Crippen molar-refractivity contribution in [1.29, 1.82) is 0 Å². The molecule has 3 nitrogen and oxygen atoms in total. The number of aromatic nitrogens is 1. The van der Waals surface area contributed by atoms with Gasteiger partial charge in [0.05, 0.1) is 0 Å². The molecule has 1 aromatic rings. The van der Waals surface area contributed by atoms with Gasteiger partial charge in [0, 0.05) is 19.3 Å². The van der Waals surface area contributed by atoms with E-state index >= 15 is 0 Å². The van der Waals surface area contributed by atoms with Crippen molar-refractivity contribution in [1.82, 2.24) is 9.88 Å². The van der Waals surface area contributed by atoms with E-state index in [0.717, 1.165) is 32.0 Å². The SMILES string of the molecule is CCNc1ccc(CN(CC)CC)cn1. The normalized spacial score (nSPS) is 10.7. The van der Waals surface area contributed by atoms with Crippen LogP contribution in [-0.4, -0.2) is 29.5 Å². The molecule has 0 atom stereocenters. The van der Waals surface area contributed by atoms with Gasteiger partial charge in [0.25, 0.3) is 0 Å². The van der Waals surface area contributed by atoms with Gasteiger partial charge in [-0.15, -0.1) is 0 Å². The molecule has 0 bridgehead atoms. The second-order valence-electron chi connectivity index (χ2n) is 3.54. The van der Waals surface area contributed by atoms with Gasteiger partial charge in [-0.2, -0.15) is 0 Å². The van der Waals surface area contributed by atoms with E-state index in [2.05, 4.69) is 42.0 Å². The largest absolute Gasteiger partial charge is 0.370 e. The Balaban J connectivity index is 2.55. The van der Waals surface area contributed by atoms with Crippen LogP contribution in [0.3, 0.4) is 0 Å². The van der Waals surface area contributed by atoms with E-state index in [1.54, 1.807) is 0 Å². The van der Waals surface area contributed by atoms with Gasteiger partial charge in [0.1, 0.15) is 5.82 Å². The lowest BCUT2D eigenvalue weighted by Gasteiger charge is -2.17. The second-order valence-corrected chi connectivity index (χ2v) is 3.54. The molecule has 0 radical (unpaired) electrons. The molecule has 0 aliphatic carbocycles. The number of nitrogens with one attached hydrogen (secondary N) is 1. The highest BCUT2D eigenvalue weighted by Crippen LogP contribution is 2.07. The number of hydrogen-bond donors (Lipinski definition) is 1. The van der Waals surface area contributed by atoms with E-state index in [0.29, 0.717) is 0 Å². The predicted octanol–water partition coefficient (Wildman–Crippen LogP) is 2.36. The first-order chi connectivity index (χ1) is 7.30. The first-order valence-corrected chi connectivity index (χ1v) is 5.71. The van der Waals surface area contributed by atoms with Crippen LogP contribution < -0.4 is 5.32 Å². The Morgan fingerprint density at radius 3 is 2.40 bits per heavy atom. The summed E-state index contributed by atoms with van der Waals surface area (Å²) in [6.07, 6.45) is 1.95. The molecule has 0 aliphatic rings. The lowest BCUT2D eigenvalue weighted by Crippen LogP contribution is -2.22. The third kappa shape index (κ3) is 3.88. The van der Waals surface area contributed by atoms with Crippen LogP contribution in [0.5, 0.6) is 0 Å². The minimum Gasteiger partial charge on any atom is -0.370 e. The summed E-state index contributed by atoms with van der Waals surface area (Å²) in [5.74, 6) is 0.959. The average Bonchev–Trinajstić information content (AvgIpc) is 2.28. The van der Waals surface area contributed by atoms with E-state index in [4.69, 9.17) is 0 Å². The van der Waals surface area contributed by atoms with Crippen LogP contribution in [0.1, 0.15) is 26.3 Å². The molecule has 15 heavy (non-hydrogen) atoms. The Bertz CT molecular complexity index is 265. The lowest BCUT2D eigenvalue weighted by atomic mass is 10.2. The van der Waals surface area contributed by atoms with Gasteiger partial charge in [-0.3, -0.25) is 4.90 Å². The Morgan fingerprint density at radius 2 is 1.93 bits per heavy atom. The zero-order valence-corrected chi connectivity index (χ0v) is 9.95. The summed E-state index contributed by atoms with van der Waals surface area (Å²) in [4.78, 5) is 6.73. The van der Waals surface area contributed by atoms with Crippen molar-refractivity contribution < 1.29 is 0 Å². The van der Waals surface area contributed by atoms with Crippen LogP contribution in [0.2, 0.25) is 0 Å². The molecule has 0 unspecified atom stereocenters.